The molecular formula is C19H11N3O4S. The summed E-state index contributed by atoms with van der Waals surface area (Å²) in [7, 11) is -4.00. The first kappa shape index (κ1) is 15.9. The normalized spacial score (nSPS) is 12.5. The molecular weight excluding hydrogens is 366 g/mol. The number of aromatic nitrogens is 2. The lowest BCUT2D eigenvalue weighted by molar-refractivity contribution is 0.0699. The third-order valence-corrected chi connectivity index (χ3v) is 5.59. The third kappa shape index (κ3) is 2.11. The molecule has 1 aliphatic carbocycles. The molecule has 3 aromatic carbocycles. The maximum atomic E-state index is 11.7. The minimum Gasteiger partial charge on any atom is -0.478 e. The number of carbonyl (C=O) groups is 1. The van der Waals surface area contributed by atoms with Crippen molar-refractivity contribution >= 4 is 37.8 Å². The monoisotopic (exact) mass is 377 g/mol. The average Bonchev–Trinajstić information content (AvgIpc) is 2.97. The van der Waals surface area contributed by atoms with Crippen LogP contribution in [0.5, 0.6) is 0 Å². The van der Waals surface area contributed by atoms with Gasteiger partial charge in [-0.2, -0.15) is 0 Å². The van der Waals surface area contributed by atoms with Gasteiger partial charge in [0.2, 0.25) is 0 Å². The third-order valence-electron chi connectivity index (χ3n) is 4.81. The molecule has 0 saturated carbocycles. The summed E-state index contributed by atoms with van der Waals surface area (Å²) in [6.07, 6.45) is 1.13. The van der Waals surface area contributed by atoms with E-state index in [1.807, 2.05) is 12.1 Å². The molecule has 3 N–H and O–H groups in total. The Morgan fingerprint density at radius 2 is 1.78 bits per heavy atom. The van der Waals surface area contributed by atoms with Crippen LogP contribution in [0.4, 0.5) is 0 Å². The van der Waals surface area contributed by atoms with Gasteiger partial charge in [0.15, 0.2) is 5.03 Å². The summed E-state index contributed by atoms with van der Waals surface area (Å²) in [6.45, 7) is 0. The zero-order chi connectivity index (χ0) is 18.9. The molecule has 0 spiro atoms. The SMILES string of the molecule is NS(=O)(=O)c1cnc2ccc3c(c2n1)-c1cccc2c(C(=O)O)ccc-3c12. The minimum absolute atomic E-state index is 0.212. The van der Waals surface area contributed by atoms with E-state index in [9.17, 15) is 18.3 Å². The highest BCUT2D eigenvalue weighted by molar-refractivity contribution is 7.89. The van der Waals surface area contributed by atoms with Crippen LogP contribution in [0.2, 0.25) is 0 Å². The van der Waals surface area contributed by atoms with Crippen LogP contribution in [-0.2, 0) is 10.0 Å². The Kier molecular flexibility index (Phi) is 2.99. The molecule has 0 fully saturated rings. The summed E-state index contributed by atoms with van der Waals surface area (Å²) >= 11 is 0. The predicted molar refractivity (Wildman–Crippen MR) is 99.8 cm³/mol. The number of hydrogen-bond donors (Lipinski definition) is 2. The number of rotatable bonds is 2. The van der Waals surface area contributed by atoms with Crippen molar-refractivity contribution in [2.75, 3.05) is 0 Å². The number of fused-ring (bicyclic) bond motifs is 5. The van der Waals surface area contributed by atoms with Crippen molar-refractivity contribution in [2.24, 2.45) is 5.14 Å². The van der Waals surface area contributed by atoms with Crippen molar-refractivity contribution in [3.8, 4) is 22.3 Å². The van der Waals surface area contributed by atoms with Gasteiger partial charge in [-0.15, -0.1) is 0 Å². The fraction of sp³-hybridized carbons (Fsp3) is 0. The molecule has 0 amide bonds. The molecule has 132 valence electrons. The quantitative estimate of drug-likeness (QED) is 0.487. The van der Waals surface area contributed by atoms with E-state index in [0.29, 0.717) is 16.4 Å². The first-order chi connectivity index (χ1) is 12.9. The van der Waals surface area contributed by atoms with Crippen LogP contribution in [0.15, 0.2) is 53.7 Å². The van der Waals surface area contributed by atoms with Crippen molar-refractivity contribution in [1.29, 1.82) is 0 Å². The van der Waals surface area contributed by atoms with Crippen molar-refractivity contribution in [1.82, 2.24) is 9.97 Å². The molecule has 4 aromatic rings. The highest BCUT2D eigenvalue weighted by Crippen LogP contribution is 2.50. The zero-order valence-electron chi connectivity index (χ0n) is 13.7. The molecule has 5 rings (SSSR count). The van der Waals surface area contributed by atoms with Gasteiger partial charge in [-0.1, -0.05) is 30.3 Å². The molecule has 27 heavy (non-hydrogen) atoms. The van der Waals surface area contributed by atoms with Crippen LogP contribution < -0.4 is 5.14 Å². The molecule has 0 atom stereocenters. The number of carboxylic acids is 1. The largest absolute Gasteiger partial charge is 0.478 e. The highest BCUT2D eigenvalue weighted by atomic mass is 32.2. The Morgan fingerprint density at radius 1 is 1.00 bits per heavy atom. The maximum absolute atomic E-state index is 11.7. The summed E-state index contributed by atoms with van der Waals surface area (Å²) in [6, 6.07) is 12.4. The minimum atomic E-state index is -4.00. The van der Waals surface area contributed by atoms with Gasteiger partial charge in [0.25, 0.3) is 10.0 Å². The van der Waals surface area contributed by atoms with Crippen molar-refractivity contribution in [3.63, 3.8) is 0 Å². The summed E-state index contributed by atoms with van der Waals surface area (Å²) in [5.41, 5.74) is 4.42. The molecule has 0 radical (unpaired) electrons. The molecule has 1 aliphatic rings. The predicted octanol–water partition coefficient (Wildman–Crippen LogP) is 2.78. The summed E-state index contributed by atoms with van der Waals surface area (Å²) in [5, 5.41) is 15.8. The smallest absolute Gasteiger partial charge is 0.336 e. The van der Waals surface area contributed by atoms with Crippen LogP contribution in [0.3, 0.4) is 0 Å². The summed E-state index contributed by atoms with van der Waals surface area (Å²) in [4.78, 5) is 20.0. The van der Waals surface area contributed by atoms with Crippen LogP contribution in [0, 0.1) is 0 Å². The first-order valence-corrected chi connectivity index (χ1v) is 9.53. The fourth-order valence-corrected chi connectivity index (χ4v) is 4.14. The Hall–Kier alpha value is -3.36. The van der Waals surface area contributed by atoms with Gasteiger partial charge in [-0.25, -0.2) is 23.3 Å². The van der Waals surface area contributed by atoms with Crippen molar-refractivity contribution in [2.45, 2.75) is 5.03 Å². The Labute approximate surface area is 153 Å². The zero-order valence-corrected chi connectivity index (χ0v) is 14.5. The van der Waals surface area contributed by atoms with E-state index in [1.165, 1.54) is 0 Å². The highest BCUT2D eigenvalue weighted by Gasteiger charge is 2.27. The van der Waals surface area contributed by atoms with Crippen molar-refractivity contribution in [3.05, 3.63) is 54.2 Å². The second kappa shape index (κ2) is 5.09. The van der Waals surface area contributed by atoms with Crippen LogP contribution >= 0.6 is 0 Å². The molecule has 0 aliphatic heterocycles. The average molecular weight is 377 g/mol. The number of carboxylic acid groups (broad SMARTS) is 1. The topological polar surface area (TPSA) is 123 Å². The van der Waals surface area contributed by atoms with Gasteiger partial charge >= 0.3 is 5.97 Å². The fourth-order valence-electron chi connectivity index (χ4n) is 3.72. The van der Waals surface area contributed by atoms with E-state index in [-0.39, 0.29) is 10.6 Å². The molecule has 8 heteroatoms. The number of primary sulfonamides is 1. The van der Waals surface area contributed by atoms with Crippen LogP contribution in [-0.4, -0.2) is 29.5 Å². The maximum Gasteiger partial charge on any atom is 0.336 e. The van der Waals surface area contributed by atoms with E-state index in [4.69, 9.17) is 5.14 Å². The second-order valence-corrected chi connectivity index (χ2v) is 7.81. The molecule has 1 aromatic heterocycles. The van der Waals surface area contributed by atoms with E-state index in [1.54, 1.807) is 30.3 Å². The Balaban J connectivity index is 1.95. The van der Waals surface area contributed by atoms with E-state index >= 15 is 0 Å². The number of sulfonamides is 1. The van der Waals surface area contributed by atoms with Crippen LogP contribution in [0.25, 0.3) is 44.1 Å². The lowest BCUT2D eigenvalue weighted by atomic mass is 9.98. The van der Waals surface area contributed by atoms with Gasteiger partial charge in [-0.3, -0.25) is 4.98 Å². The second-order valence-electron chi connectivity index (χ2n) is 6.30. The van der Waals surface area contributed by atoms with Gasteiger partial charge < -0.3 is 5.11 Å². The van der Waals surface area contributed by atoms with Gasteiger partial charge in [0.05, 0.1) is 22.8 Å². The number of benzene rings is 3. The molecule has 0 bridgehead atoms. The Morgan fingerprint density at radius 3 is 2.52 bits per heavy atom. The van der Waals surface area contributed by atoms with Gasteiger partial charge in [0, 0.05) is 5.56 Å². The van der Waals surface area contributed by atoms with Gasteiger partial charge in [0.1, 0.15) is 0 Å². The van der Waals surface area contributed by atoms with Crippen molar-refractivity contribution < 1.29 is 18.3 Å². The van der Waals surface area contributed by atoms with E-state index < -0.39 is 16.0 Å². The lowest BCUT2D eigenvalue weighted by Gasteiger charge is -2.07. The van der Waals surface area contributed by atoms with E-state index in [0.717, 1.165) is 33.8 Å². The summed E-state index contributed by atoms with van der Waals surface area (Å²) < 4.78 is 23.4. The van der Waals surface area contributed by atoms with E-state index in [2.05, 4.69) is 9.97 Å². The lowest BCUT2D eigenvalue weighted by Crippen LogP contribution is -2.14. The number of nitrogens with zero attached hydrogens (tertiary/aromatic N) is 2. The molecule has 0 saturated heterocycles. The number of aromatic carboxylic acids is 1. The summed E-state index contributed by atoms with van der Waals surface area (Å²) in [5.74, 6) is -1.00. The molecule has 7 nitrogen and oxygen atoms in total. The molecule has 1 heterocycles. The number of hydrogen-bond acceptors (Lipinski definition) is 5. The Bertz CT molecular complexity index is 1430. The number of nitrogens with two attached hydrogens (primary N) is 1. The molecule has 0 unspecified atom stereocenters. The first-order valence-electron chi connectivity index (χ1n) is 7.98. The van der Waals surface area contributed by atoms with Gasteiger partial charge in [-0.05, 0) is 39.6 Å². The van der Waals surface area contributed by atoms with Crippen LogP contribution in [0.1, 0.15) is 10.4 Å². The standard InChI is InChI=1S/C19H11N3O4S/c20-27(25,26)15-8-21-14-7-6-11-10-4-5-12(19(23)24)9-2-1-3-13(16(9)10)17(11)18(14)22-15/h1-8H,(H,23,24)(H2,20,25,26).